The van der Waals surface area contributed by atoms with Gasteiger partial charge < -0.3 is 0 Å². The summed E-state index contributed by atoms with van der Waals surface area (Å²) >= 11 is 9.02. The molecule has 0 saturated heterocycles. The molecule has 1 aromatic carbocycles. The Labute approximate surface area is 117 Å². The third kappa shape index (κ3) is 2.24. The van der Waals surface area contributed by atoms with Crippen LogP contribution in [0, 0.1) is 11.6 Å². The summed E-state index contributed by atoms with van der Waals surface area (Å²) in [5, 5.41) is 0.340. The van der Waals surface area contributed by atoms with Gasteiger partial charge in [-0.2, -0.15) is 0 Å². The van der Waals surface area contributed by atoms with Crippen molar-refractivity contribution in [3.63, 3.8) is 0 Å². The monoisotopic (exact) mass is 333 g/mol. The molecule has 96 valence electrons. The Hall–Kier alpha value is -0.740. The zero-order chi connectivity index (χ0) is 13.7. The summed E-state index contributed by atoms with van der Waals surface area (Å²) in [6, 6.07) is 2.62. The number of hydrogen-bond donors (Lipinski definition) is 0. The Morgan fingerprint density at radius 1 is 1.22 bits per heavy atom. The van der Waals surface area contributed by atoms with Crippen LogP contribution in [0.1, 0.15) is 26.3 Å². The van der Waals surface area contributed by atoms with Gasteiger partial charge in [-0.1, -0.05) is 32.4 Å². The molecule has 0 aliphatic carbocycles. The van der Waals surface area contributed by atoms with E-state index in [9.17, 15) is 8.78 Å². The van der Waals surface area contributed by atoms with Gasteiger partial charge in [0.1, 0.15) is 16.5 Å². The van der Waals surface area contributed by atoms with Gasteiger partial charge >= 0.3 is 0 Å². The van der Waals surface area contributed by atoms with Crippen LogP contribution in [-0.4, -0.2) is 4.98 Å². The van der Waals surface area contributed by atoms with E-state index in [0.29, 0.717) is 5.56 Å². The van der Waals surface area contributed by atoms with Gasteiger partial charge in [0.15, 0.2) is 5.82 Å². The molecule has 1 heterocycles. The van der Waals surface area contributed by atoms with Crippen LogP contribution in [0.3, 0.4) is 0 Å². The fraction of sp³-hybridized carbons (Fsp3) is 0.308. The van der Waals surface area contributed by atoms with Crippen molar-refractivity contribution in [2.45, 2.75) is 26.2 Å². The second-order valence-electron chi connectivity index (χ2n) is 5.13. The van der Waals surface area contributed by atoms with Gasteiger partial charge in [-0.3, -0.25) is 0 Å². The van der Waals surface area contributed by atoms with Crippen molar-refractivity contribution >= 4 is 38.4 Å². The van der Waals surface area contributed by atoms with E-state index in [1.807, 2.05) is 20.8 Å². The summed E-state index contributed by atoms with van der Waals surface area (Å²) in [6.45, 7) is 5.82. The Morgan fingerprint density at radius 2 is 1.83 bits per heavy atom. The molecule has 0 N–H and O–H groups in total. The van der Waals surface area contributed by atoms with Crippen molar-refractivity contribution in [1.82, 2.24) is 4.98 Å². The number of fused-ring (bicyclic) bond motifs is 1. The molecule has 0 atom stereocenters. The highest BCUT2D eigenvalue weighted by Gasteiger charge is 2.22. The molecule has 1 aromatic heterocycles. The summed E-state index contributed by atoms with van der Waals surface area (Å²) in [5.74, 6) is -1.12. The molecule has 1 nitrogen and oxygen atoms in total. The minimum atomic E-state index is -0.597. The Kier molecular flexibility index (Phi) is 3.36. The maximum atomic E-state index is 14.0. The molecule has 2 aromatic rings. The Balaban J connectivity index is 2.90. The predicted molar refractivity (Wildman–Crippen MR) is 73.1 cm³/mol. The topological polar surface area (TPSA) is 12.9 Å². The van der Waals surface area contributed by atoms with E-state index < -0.39 is 11.6 Å². The van der Waals surface area contributed by atoms with Crippen LogP contribution in [0.4, 0.5) is 8.78 Å². The maximum Gasteiger partial charge on any atom is 0.150 e. The lowest BCUT2D eigenvalue weighted by molar-refractivity contribution is 0.584. The fourth-order valence-electron chi connectivity index (χ4n) is 1.74. The predicted octanol–water partition coefficient (Wildman–Crippen LogP) is 5.23. The van der Waals surface area contributed by atoms with E-state index in [4.69, 9.17) is 11.6 Å². The number of rotatable bonds is 0. The second-order valence-corrected chi connectivity index (χ2v) is 6.34. The first-order chi connectivity index (χ1) is 8.21. The van der Waals surface area contributed by atoms with Crippen LogP contribution in [0.25, 0.3) is 10.9 Å². The zero-order valence-electron chi connectivity index (χ0n) is 10.1. The summed E-state index contributed by atoms with van der Waals surface area (Å²) in [6.07, 6.45) is 0. The smallest absolute Gasteiger partial charge is 0.150 e. The number of pyridine rings is 1. The van der Waals surface area contributed by atoms with Crippen LogP contribution in [0.15, 0.2) is 16.6 Å². The number of hydrogen-bond acceptors (Lipinski definition) is 1. The fourth-order valence-corrected chi connectivity index (χ4v) is 2.57. The van der Waals surface area contributed by atoms with E-state index in [1.54, 1.807) is 6.07 Å². The summed E-state index contributed by atoms with van der Waals surface area (Å²) in [5.41, 5.74) is 0.352. The van der Waals surface area contributed by atoms with Crippen molar-refractivity contribution < 1.29 is 8.78 Å². The van der Waals surface area contributed by atoms with Crippen LogP contribution in [-0.2, 0) is 5.41 Å². The number of nitrogens with zero attached hydrogens (tertiary/aromatic N) is 1. The molecule has 0 radical (unpaired) electrons. The second kappa shape index (κ2) is 4.42. The normalized spacial score (nSPS) is 12.2. The molecular weight excluding hydrogens is 324 g/mol. The van der Waals surface area contributed by atoms with Crippen LogP contribution in [0.2, 0.25) is 5.15 Å². The highest BCUT2D eigenvalue weighted by Crippen LogP contribution is 2.34. The molecule has 0 amide bonds. The average molecular weight is 335 g/mol. The number of aromatic nitrogens is 1. The van der Waals surface area contributed by atoms with E-state index in [2.05, 4.69) is 20.9 Å². The minimum absolute atomic E-state index is 0.0475. The molecule has 0 spiro atoms. The molecule has 2 rings (SSSR count). The number of halogens is 4. The maximum absolute atomic E-state index is 14.0. The third-order valence-corrected chi connectivity index (χ3v) is 3.57. The molecular formula is C13H11BrClF2N. The van der Waals surface area contributed by atoms with Gasteiger partial charge in [0.25, 0.3) is 0 Å². The van der Waals surface area contributed by atoms with Gasteiger partial charge in [0.05, 0.1) is 4.47 Å². The SMILES string of the molecule is CC(C)(C)c1cc2c(F)c(Br)cc(F)c2nc1Cl. The quantitative estimate of drug-likeness (QED) is 0.475. The highest BCUT2D eigenvalue weighted by molar-refractivity contribution is 9.10. The van der Waals surface area contributed by atoms with Gasteiger partial charge in [-0.05, 0) is 39.0 Å². The third-order valence-electron chi connectivity index (χ3n) is 2.71. The minimum Gasteiger partial charge on any atom is -0.233 e. The standard InChI is InChI=1S/C13H11BrClF2N/c1-13(2,3)7-4-6-10(17)8(14)5-9(16)11(6)18-12(7)15/h4-5H,1-3H3. The average Bonchev–Trinajstić information content (AvgIpc) is 2.24. The lowest BCUT2D eigenvalue weighted by Crippen LogP contribution is -2.13. The molecule has 0 unspecified atom stereocenters. The van der Waals surface area contributed by atoms with Gasteiger partial charge in [0, 0.05) is 5.39 Å². The van der Waals surface area contributed by atoms with E-state index in [1.165, 1.54) is 0 Å². The number of benzene rings is 1. The highest BCUT2D eigenvalue weighted by atomic mass is 79.9. The zero-order valence-corrected chi connectivity index (χ0v) is 12.5. The van der Waals surface area contributed by atoms with E-state index in [0.717, 1.165) is 6.07 Å². The summed E-state index contributed by atoms with van der Waals surface area (Å²) < 4.78 is 27.8. The van der Waals surface area contributed by atoms with Crippen LogP contribution >= 0.6 is 27.5 Å². The van der Waals surface area contributed by atoms with Crippen molar-refractivity contribution in [2.75, 3.05) is 0 Å². The van der Waals surface area contributed by atoms with Gasteiger partial charge in [0.2, 0.25) is 0 Å². The lowest BCUT2D eigenvalue weighted by atomic mass is 9.87. The van der Waals surface area contributed by atoms with Crippen LogP contribution < -0.4 is 0 Å². The van der Waals surface area contributed by atoms with Gasteiger partial charge in [-0.15, -0.1) is 0 Å². The van der Waals surface area contributed by atoms with Crippen LogP contribution in [0.5, 0.6) is 0 Å². The Morgan fingerprint density at radius 3 is 2.39 bits per heavy atom. The van der Waals surface area contributed by atoms with Crippen molar-refractivity contribution in [3.05, 3.63) is 39.0 Å². The first-order valence-corrected chi connectivity index (χ1v) is 6.53. The molecule has 0 saturated carbocycles. The van der Waals surface area contributed by atoms with E-state index in [-0.39, 0.29) is 25.9 Å². The first kappa shape index (κ1) is 13.7. The summed E-state index contributed by atoms with van der Waals surface area (Å²) in [4.78, 5) is 3.97. The first-order valence-electron chi connectivity index (χ1n) is 5.36. The lowest BCUT2D eigenvalue weighted by Gasteiger charge is -2.20. The molecule has 0 aliphatic heterocycles. The van der Waals surface area contributed by atoms with Crippen molar-refractivity contribution in [1.29, 1.82) is 0 Å². The van der Waals surface area contributed by atoms with Crippen molar-refractivity contribution in [3.8, 4) is 0 Å². The molecule has 5 heteroatoms. The largest absolute Gasteiger partial charge is 0.233 e. The molecule has 0 aliphatic rings. The van der Waals surface area contributed by atoms with Gasteiger partial charge in [-0.25, -0.2) is 13.8 Å². The molecule has 0 bridgehead atoms. The molecule has 0 fully saturated rings. The molecule has 18 heavy (non-hydrogen) atoms. The van der Waals surface area contributed by atoms with E-state index >= 15 is 0 Å². The Bertz CT molecular complexity index is 635. The van der Waals surface area contributed by atoms with Crippen molar-refractivity contribution in [2.24, 2.45) is 0 Å². The summed E-state index contributed by atoms with van der Waals surface area (Å²) in [7, 11) is 0.